The number of hydrogen-bond acceptors (Lipinski definition) is 7. The Hall–Kier alpha value is -1.26. The van der Waals surface area contributed by atoms with E-state index in [0.717, 1.165) is 12.1 Å². The van der Waals surface area contributed by atoms with E-state index in [4.69, 9.17) is 5.73 Å². The molecule has 1 unspecified atom stereocenters. The molecule has 4 N–H and O–H groups in total. The summed E-state index contributed by atoms with van der Waals surface area (Å²) in [6.45, 7) is 6.45. The van der Waals surface area contributed by atoms with E-state index >= 15 is 0 Å². The number of carboxylic acids is 1. The quantitative estimate of drug-likeness (QED) is 0.310. The van der Waals surface area contributed by atoms with E-state index in [9.17, 15) is 14.7 Å². The maximum atomic E-state index is 13.4. The molecule has 0 aromatic heterocycles. The maximum Gasteiger partial charge on any atom is 0.326 e. The van der Waals surface area contributed by atoms with Crippen LogP contribution in [-0.2, 0) is 22.6 Å². The van der Waals surface area contributed by atoms with Crippen LogP contribution in [0.2, 0.25) is 0 Å². The number of thioether (sulfide) groups is 1. The average molecular weight is 497 g/mol. The minimum absolute atomic E-state index is 0.0199. The van der Waals surface area contributed by atoms with Crippen LogP contribution < -0.4 is 11.1 Å². The van der Waals surface area contributed by atoms with Crippen molar-refractivity contribution in [3.63, 3.8) is 0 Å². The summed E-state index contributed by atoms with van der Waals surface area (Å²) in [6.07, 6.45) is 2.91. The van der Waals surface area contributed by atoms with Crippen LogP contribution in [0.25, 0.3) is 0 Å². The molecule has 2 rings (SSSR count). The van der Waals surface area contributed by atoms with Gasteiger partial charge in [0.2, 0.25) is 5.91 Å². The highest BCUT2D eigenvalue weighted by Gasteiger charge is 2.36. The maximum absolute atomic E-state index is 13.4. The Morgan fingerprint density at radius 2 is 2.00 bits per heavy atom. The normalized spacial score (nSPS) is 19.2. The predicted octanol–water partition coefficient (Wildman–Crippen LogP) is 1.95. The van der Waals surface area contributed by atoms with Crippen LogP contribution in [0.5, 0.6) is 0 Å². The van der Waals surface area contributed by atoms with Crippen LogP contribution in [0.1, 0.15) is 31.4 Å². The number of benzene rings is 1. The highest BCUT2D eigenvalue weighted by molar-refractivity contribution is 7.98. The highest BCUT2D eigenvalue weighted by Crippen LogP contribution is 2.25. The molecule has 0 aliphatic carbocycles. The molecule has 186 valence electrons. The Kier molecular flexibility index (Phi) is 11.5. The lowest BCUT2D eigenvalue weighted by Crippen LogP contribution is -2.57. The standard InChI is InChI=1S/C24H40N4O3S2/c1-16(2)22(27(3)13-19(25)15-32)14-28-12-18-8-6-5-7-17(18)11-21(28)23(29)26-20(24(30)31)9-10-33-4/h5-8,16,19-22,32H,9-15,25H2,1-4H3,(H,26,29)(H,30,31)/t19?,20-,21-,22-/m0/s1. The average Bonchev–Trinajstić information content (AvgIpc) is 2.78. The monoisotopic (exact) mass is 496 g/mol. The molecule has 0 saturated carbocycles. The molecule has 7 nitrogen and oxygen atoms in total. The first kappa shape index (κ1) is 28.0. The van der Waals surface area contributed by atoms with Gasteiger partial charge in [-0.05, 0) is 48.9 Å². The molecule has 0 fully saturated rings. The Bertz CT molecular complexity index is 780. The lowest BCUT2D eigenvalue weighted by molar-refractivity contribution is -0.143. The number of amides is 1. The molecule has 1 aliphatic heterocycles. The van der Waals surface area contributed by atoms with E-state index in [1.54, 1.807) is 11.8 Å². The van der Waals surface area contributed by atoms with Crippen LogP contribution in [0, 0.1) is 5.92 Å². The van der Waals surface area contributed by atoms with E-state index in [1.807, 2.05) is 18.4 Å². The van der Waals surface area contributed by atoms with Crippen molar-refractivity contribution in [2.45, 2.75) is 57.4 Å². The summed E-state index contributed by atoms with van der Waals surface area (Å²) in [5.41, 5.74) is 8.52. The first-order chi connectivity index (χ1) is 15.7. The fraction of sp³-hybridized carbons (Fsp3) is 0.667. The topological polar surface area (TPSA) is 98.9 Å². The number of fused-ring (bicyclic) bond motifs is 1. The number of aliphatic carboxylic acids is 1. The van der Waals surface area contributed by atoms with Crippen LogP contribution in [-0.4, -0.2) is 88.8 Å². The second-order valence-electron chi connectivity index (χ2n) is 9.29. The van der Waals surface area contributed by atoms with E-state index < -0.39 is 18.1 Å². The van der Waals surface area contributed by atoms with Crippen molar-refractivity contribution in [1.29, 1.82) is 0 Å². The molecular formula is C24H40N4O3S2. The zero-order valence-corrected chi connectivity index (χ0v) is 21.9. The van der Waals surface area contributed by atoms with E-state index in [-0.39, 0.29) is 18.0 Å². The second-order valence-corrected chi connectivity index (χ2v) is 10.6. The lowest BCUT2D eigenvalue weighted by Gasteiger charge is -2.42. The molecule has 9 heteroatoms. The number of nitrogens with zero attached hydrogens (tertiary/aromatic N) is 2. The van der Waals surface area contributed by atoms with Gasteiger partial charge in [-0.1, -0.05) is 38.1 Å². The fourth-order valence-corrected chi connectivity index (χ4v) is 5.04. The number of rotatable bonds is 13. The Morgan fingerprint density at radius 1 is 1.33 bits per heavy atom. The summed E-state index contributed by atoms with van der Waals surface area (Å²) >= 11 is 5.90. The van der Waals surface area contributed by atoms with Gasteiger partial charge in [-0.3, -0.25) is 9.69 Å². The van der Waals surface area contributed by atoms with Crippen molar-refractivity contribution < 1.29 is 14.7 Å². The van der Waals surface area contributed by atoms with Gasteiger partial charge in [-0.2, -0.15) is 24.4 Å². The van der Waals surface area contributed by atoms with Gasteiger partial charge >= 0.3 is 5.97 Å². The van der Waals surface area contributed by atoms with Crippen molar-refractivity contribution in [2.75, 3.05) is 37.9 Å². The Balaban J connectivity index is 2.25. The summed E-state index contributed by atoms with van der Waals surface area (Å²) in [5.74, 6) is 0.455. The van der Waals surface area contributed by atoms with Crippen molar-refractivity contribution in [1.82, 2.24) is 15.1 Å². The molecule has 1 aromatic carbocycles. The third-order valence-corrected chi connectivity index (χ3v) is 7.50. The van der Waals surface area contributed by atoms with Crippen LogP contribution in [0.3, 0.4) is 0 Å². The molecule has 0 radical (unpaired) electrons. The number of carbonyl (C=O) groups is 2. The first-order valence-electron chi connectivity index (χ1n) is 11.6. The minimum Gasteiger partial charge on any atom is -0.480 e. The van der Waals surface area contributed by atoms with Gasteiger partial charge in [-0.25, -0.2) is 4.79 Å². The number of thiol groups is 1. The number of hydrogen-bond donors (Lipinski definition) is 4. The number of carboxylic acid groups (broad SMARTS) is 1. The number of carbonyl (C=O) groups excluding carboxylic acids is 1. The van der Waals surface area contributed by atoms with Crippen LogP contribution >= 0.6 is 24.4 Å². The molecule has 0 spiro atoms. The Labute approximate surface area is 208 Å². The zero-order chi connectivity index (χ0) is 24.5. The molecule has 0 bridgehead atoms. The Morgan fingerprint density at radius 3 is 2.58 bits per heavy atom. The summed E-state index contributed by atoms with van der Waals surface area (Å²) in [4.78, 5) is 29.6. The molecular weight excluding hydrogens is 456 g/mol. The molecule has 0 saturated heterocycles. The summed E-state index contributed by atoms with van der Waals surface area (Å²) < 4.78 is 0. The number of nitrogens with one attached hydrogen (secondary N) is 1. The van der Waals surface area contributed by atoms with Crippen LogP contribution in [0.4, 0.5) is 0 Å². The van der Waals surface area contributed by atoms with Crippen molar-refractivity contribution in [3.8, 4) is 0 Å². The summed E-state index contributed by atoms with van der Waals surface area (Å²) in [6, 6.07) is 7.08. The van der Waals surface area contributed by atoms with Crippen molar-refractivity contribution >= 4 is 36.3 Å². The SMILES string of the molecule is CSCC[C@H](NC(=O)[C@@H]1Cc2ccccc2CN1C[C@@H](C(C)C)N(C)CC(N)CS)C(=O)O. The zero-order valence-electron chi connectivity index (χ0n) is 20.2. The van der Waals surface area contributed by atoms with Gasteiger partial charge in [-0.15, -0.1) is 0 Å². The van der Waals surface area contributed by atoms with Crippen molar-refractivity contribution in [2.24, 2.45) is 11.7 Å². The fourth-order valence-electron chi connectivity index (χ4n) is 4.45. The lowest BCUT2D eigenvalue weighted by atomic mass is 9.91. The molecule has 1 aromatic rings. The summed E-state index contributed by atoms with van der Waals surface area (Å²) in [7, 11) is 2.07. The van der Waals surface area contributed by atoms with Gasteiger partial charge in [0, 0.05) is 37.5 Å². The largest absolute Gasteiger partial charge is 0.480 e. The van der Waals surface area contributed by atoms with Gasteiger partial charge < -0.3 is 21.1 Å². The highest BCUT2D eigenvalue weighted by atomic mass is 32.2. The van der Waals surface area contributed by atoms with Gasteiger partial charge in [0.1, 0.15) is 6.04 Å². The molecule has 33 heavy (non-hydrogen) atoms. The molecule has 1 heterocycles. The van der Waals surface area contributed by atoms with Crippen LogP contribution in [0.15, 0.2) is 24.3 Å². The molecule has 4 atom stereocenters. The third-order valence-electron chi connectivity index (χ3n) is 6.39. The molecule has 1 aliphatic rings. The smallest absolute Gasteiger partial charge is 0.326 e. The molecule has 1 amide bonds. The van der Waals surface area contributed by atoms with Gasteiger partial charge in [0.25, 0.3) is 0 Å². The third kappa shape index (κ3) is 8.17. The van der Waals surface area contributed by atoms with E-state index in [2.05, 4.69) is 60.8 Å². The predicted molar refractivity (Wildman–Crippen MR) is 140 cm³/mol. The van der Waals surface area contributed by atoms with Gasteiger partial charge in [0.15, 0.2) is 0 Å². The van der Waals surface area contributed by atoms with Gasteiger partial charge in [0.05, 0.1) is 6.04 Å². The number of likely N-dealkylation sites (N-methyl/N-ethyl adjacent to an activating group) is 1. The summed E-state index contributed by atoms with van der Waals surface area (Å²) in [5, 5.41) is 12.4. The van der Waals surface area contributed by atoms with Crippen molar-refractivity contribution in [3.05, 3.63) is 35.4 Å². The number of nitrogens with two attached hydrogens (primary N) is 1. The van der Waals surface area contributed by atoms with E-state index in [0.29, 0.717) is 43.4 Å². The van der Waals surface area contributed by atoms with E-state index in [1.165, 1.54) is 5.56 Å². The first-order valence-corrected chi connectivity index (χ1v) is 13.6. The minimum atomic E-state index is -0.985. The second kappa shape index (κ2) is 13.6.